The van der Waals surface area contributed by atoms with E-state index in [9.17, 15) is 4.79 Å². The van der Waals surface area contributed by atoms with Crippen LogP contribution in [-0.4, -0.2) is 17.9 Å². The predicted molar refractivity (Wildman–Crippen MR) is 90.2 cm³/mol. The van der Waals surface area contributed by atoms with Crippen LogP contribution in [-0.2, 0) is 17.8 Å². The minimum atomic E-state index is 0.104. The number of benzene rings is 1. The maximum absolute atomic E-state index is 12.4. The van der Waals surface area contributed by atoms with E-state index in [2.05, 4.69) is 25.3 Å². The van der Waals surface area contributed by atoms with Crippen molar-refractivity contribution in [1.82, 2.24) is 4.90 Å². The first kappa shape index (κ1) is 14.9. The molecule has 2 aromatic heterocycles. The predicted octanol–water partition coefficient (Wildman–Crippen LogP) is 4.31. The van der Waals surface area contributed by atoms with Gasteiger partial charge >= 0.3 is 0 Å². The number of hydrogen-bond acceptors (Lipinski definition) is 3. The van der Waals surface area contributed by atoms with Crippen LogP contribution < -0.4 is 0 Å². The Labute approximate surface area is 134 Å². The molecule has 0 aliphatic carbocycles. The molecule has 0 bridgehead atoms. The number of thiophene rings is 1. The molecule has 3 rings (SSSR count). The number of likely N-dealkylation sites (N-methyl/N-ethyl adjacent to an activating group) is 1. The Bertz CT molecular complexity index is 802. The van der Waals surface area contributed by atoms with Crippen molar-refractivity contribution in [2.75, 3.05) is 7.05 Å². The van der Waals surface area contributed by atoms with Crippen LogP contribution in [0.5, 0.6) is 0 Å². The summed E-state index contributed by atoms with van der Waals surface area (Å²) >= 11 is 1.65. The van der Waals surface area contributed by atoms with Crippen LogP contribution in [0.25, 0.3) is 11.0 Å². The van der Waals surface area contributed by atoms with Crippen LogP contribution in [0.4, 0.5) is 0 Å². The Morgan fingerprint density at radius 3 is 2.82 bits per heavy atom. The fourth-order valence-electron chi connectivity index (χ4n) is 2.57. The van der Waals surface area contributed by atoms with E-state index in [1.165, 1.54) is 11.1 Å². The van der Waals surface area contributed by atoms with Crippen LogP contribution in [0.15, 0.2) is 39.6 Å². The summed E-state index contributed by atoms with van der Waals surface area (Å²) in [5, 5.41) is 5.14. The number of rotatable bonds is 4. The molecule has 0 fully saturated rings. The van der Waals surface area contributed by atoms with Gasteiger partial charge in [-0.05, 0) is 47.4 Å². The highest BCUT2D eigenvalue weighted by Crippen LogP contribution is 2.27. The van der Waals surface area contributed by atoms with Crippen LogP contribution in [0.1, 0.15) is 22.3 Å². The van der Waals surface area contributed by atoms with Crippen LogP contribution in [0.2, 0.25) is 0 Å². The summed E-state index contributed by atoms with van der Waals surface area (Å²) in [5.41, 5.74) is 5.37. The molecule has 0 atom stereocenters. The fraction of sp³-hybridized carbons (Fsp3) is 0.278. The molecular weight excluding hydrogens is 294 g/mol. The molecule has 0 unspecified atom stereocenters. The topological polar surface area (TPSA) is 33.5 Å². The van der Waals surface area contributed by atoms with Crippen molar-refractivity contribution in [2.24, 2.45) is 0 Å². The molecular formula is C18H19NO2S. The van der Waals surface area contributed by atoms with Crippen LogP contribution >= 0.6 is 11.3 Å². The molecule has 1 aromatic carbocycles. The van der Waals surface area contributed by atoms with Gasteiger partial charge in [-0.1, -0.05) is 12.1 Å². The highest BCUT2D eigenvalue weighted by atomic mass is 32.1. The Balaban J connectivity index is 1.78. The van der Waals surface area contributed by atoms with E-state index < -0.39 is 0 Å². The number of aryl methyl sites for hydroxylation is 2. The number of nitrogens with zero attached hydrogens (tertiary/aromatic N) is 1. The summed E-state index contributed by atoms with van der Waals surface area (Å²) in [4.78, 5) is 14.2. The van der Waals surface area contributed by atoms with Crippen molar-refractivity contribution in [3.05, 3.63) is 57.5 Å². The molecule has 3 nitrogen and oxygen atoms in total. The number of furan rings is 1. The maximum Gasteiger partial charge on any atom is 0.227 e. The molecule has 3 aromatic rings. The SMILES string of the molecule is Cc1ccc2c(CC(=O)N(C)Cc3ccsc3)coc2c1C. The second-order valence-corrected chi connectivity index (χ2v) is 6.48. The van der Waals surface area contributed by atoms with Crippen molar-refractivity contribution < 1.29 is 9.21 Å². The minimum absolute atomic E-state index is 0.104. The van der Waals surface area contributed by atoms with Gasteiger partial charge in [-0.25, -0.2) is 0 Å². The summed E-state index contributed by atoms with van der Waals surface area (Å²) in [6, 6.07) is 6.17. The van der Waals surface area contributed by atoms with E-state index in [1.807, 2.05) is 24.6 Å². The lowest BCUT2D eigenvalue weighted by molar-refractivity contribution is -0.129. The molecule has 0 aliphatic heterocycles. The Hall–Kier alpha value is -2.07. The third-order valence-electron chi connectivity index (χ3n) is 4.11. The number of fused-ring (bicyclic) bond motifs is 1. The zero-order valence-corrected chi connectivity index (χ0v) is 13.9. The van der Waals surface area contributed by atoms with Gasteiger partial charge in [0.05, 0.1) is 12.7 Å². The van der Waals surface area contributed by atoms with Crippen molar-refractivity contribution >= 4 is 28.2 Å². The summed E-state index contributed by atoms with van der Waals surface area (Å²) in [5.74, 6) is 0.104. The first-order valence-electron chi connectivity index (χ1n) is 7.27. The standard InChI is InChI=1S/C18H19NO2S/c1-12-4-5-16-15(10-21-18(16)13(12)2)8-17(20)19(3)9-14-6-7-22-11-14/h4-7,10-11H,8-9H2,1-3H3. The molecule has 0 radical (unpaired) electrons. The highest BCUT2D eigenvalue weighted by Gasteiger charge is 2.15. The van der Waals surface area contributed by atoms with Gasteiger partial charge in [-0.2, -0.15) is 11.3 Å². The summed E-state index contributed by atoms with van der Waals surface area (Å²) < 4.78 is 5.68. The molecule has 0 saturated heterocycles. The van der Waals surface area contributed by atoms with Gasteiger partial charge in [0.1, 0.15) is 5.58 Å². The normalized spacial score (nSPS) is 11.0. The van der Waals surface area contributed by atoms with Crippen LogP contribution in [0, 0.1) is 13.8 Å². The molecule has 0 spiro atoms. The third kappa shape index (κ3) is 2.79. The van der Waals surface area contributed by atoms with E-state index in [4.69, 9.17) is 4.42 Å². The number of amides is 1. The third-order valence-corrected chi connectivity index (χ3v) is 4.84. The molecule has 1 amide bonds. The van der Waals surface area contributed by atoms with Crippen molar-refractivity contribution in [1.29, 1.82) is 0 Å². The van der Waals surface area contributed by atoms with E-state index in [-0.39, 0.29) is 5.91 Å². The van der Waals surface area contributed by atoms with Crippen molar-refractivity contribution in [3.8, 4) is 0 Å². The van der Waals surface area contributed by atoms with E-state index in [0.717, 1.165) is 22.1 Å². The summed E-state index contributed by atoms with van der Waals surface area (Å²) in [7, 11) is 1.84. The number of hydrogen-bond donors (Lipinski definition) is 0. The Morgan fingerprint density at radius 1 is 1.27 bits per heavy atom. The van der Waals surface area contributed by atoms with Gasteiger partial charge in [0, 0.05) is 24.5 Å². The molecule has 0 saturated carbocycles. The molecule has 22 heavy (non-hydrogen) atoms. The van der Waals surface area contributed by atoms with Gasteiger partial charge in [0.2, 0.25) is 5.91 Å². The fourth-order valence-corrected chi connectivity index (χ4v) is 3.23. The summed E-state index contributed by atoms with van der Waals surface area (Å²) in [6.07, 6.45) is 2.09. The molecule has 114 valence electrons. The lowest BCUT2D eigenvalue weighted by Crippen LogP contribution is -2.27. The monoisotopic (exact) mass is 313 g/mol. The van der Waals surface area contributed by atoms with Crippen molar-refractivity contribution in [2.45, 2.75) is 26.8 Å². The average Bonchev–Trinajstić information content (AvgIpc) is 3.13. The van der Waals surface area contributed by atoms with Gasteiger partial charge in [-0.3, -0.25) is 4.79 Å². The first-order chi connectivity index (χ1) is 10.6. The van der Waals surface area contributed by atoms with Crippen molar-refractivity contribution in [3.63, 3.8) is 0 Å². The van der Waals surface area contributed by atoms with E-state index in [0.29, 0.717) is 13.0 Å². The molecule has 0 N–H and O–H groups in total. The minimum Gasteiger partial charge on any atom is -0.464 e. The largest absolute Gasteiger partial charge is 0.464 e. The smallest absolute Gasteiger partial charge is 0.227 e. The number of carbonyl (C=O) groups is 1. The second-order valence-electron chi connectivity index (χ2n) is 5.70. The zero-order valence-electron chi connectivity index (χ0n) is 13.1. The molecule has 0 aliphatic rings. The summed E-state index contributed by atoms with van der Waals surface area (Å²) in [6.45, 7) is 4.77. The van der Waals surface area contributed by atoms with Crippen LogP contribution in [0.3, 0.4) is 0 Å². The Morgan fingerprint density at radius 2 is 2.09 bits per heavy atom. The van der Waals surface area contributed by atoms with Gasteiger partial charge in [-0.15, -0.1) is 0 Å². The quantitative estimate of drug-likeness (QED) is 0.719. The average molecular weight is 313 g/mol. The zero-order chi connectivity index (χ0) is 15.7. The second kappa shape index (κ2) is 5.97. The van der Waals surface area contributed by atoms with E-state index >= 15 is 0 Å². The number of carbonyl (C=O) groups excluding carboxylic acids is 1. The Kier molecular flexibility index (Phi) is 4.03. The van der Waals surface area contributed by atoms with Gasteiger partial charge in [0.25, 0.3) is 0 Å². The van der Waals surface area contributed by atoms with Gasteiger partial charge in [0.15, 0.2) is 0 Å². The highest BCUT2D eigenvalue weighted by molar-refractivity contribution is 7.07. The lowest BCUT2D eigenvalue weighted by atomic mass is 10.0. The van der Waals surface area contributed by atoms with Gasteiger partial charge < -0.3 is 9.32 Å². The molecule has 4 heteroatoms. The maximum atomic E-state index is 12.4. The molecule has 2 heterocycles. The van der Waals surface area contributed by atoms with E-state index in [1.54, 1.807) is 22.5 Å². The lowest BCUT2D eigenvalue weighted by Gasteiger charge is -2.16. The first-order valence-corrected chi connectivity index (χ1v) is 8.22.